The average Bonchev–Trinajstić information content (AvgIpc) is 3.92. The van der Waals surface area contributed by atoms with Gasteiger partial charge in [-0.05, 0) is 95.3 Å². The number of alkyl carbamates (subject to hydrolysis) is 2. The van der Waals surface area contributed by atoms with E-state index in [1.54, 1.807) is 18.3 Å². The number of nitrogens with one attached hydrogen (secondary N) is 4. The lowest BCUT2D eigenvalue weighted by Crippen LogP contribution is -2.63. The number of methoxy groups -OCH3 is 2. The summed E-state index contributed by atoms with van der Waals surface area (Å²) in [6.07, 6.45) is -11.3. The molecular formula is C53H60F8N10O8S. The van der Waals surface area contributed by atoms with E-state index in [9.17, 15) is 50.6 Å². The van der Waals surface area contributed by atoms with Gasteiger partial charge >= 0.3 is 24.5 Å². The highest BCUT2D eigenvalue weighted by atomic mass is 32.1. The van der Waals surface area contributed by atoms with Crippen molar-refractivity contribution in [2.45, 2.75) is 121 Å². The Morgan fingerprint density at radius 1 is 0.800 bits per heavy atom. The Bertz CT molecular complexity index is 2940. The van der Waals surface area contributed by atoms with Crippen LogP contribution in [0.4, 0.5) is 50.5 Å². The van der Waals surface area contributed by atoms with Crippen molar-refractivity contribution in [3.8, 4) is 22.4 Å². The molecule has 432 valence electrons. The number of alkyl halides is 6. The SMILES string of the molecule is COC(=O)N[C@H](C(=O)N[C@@H](Cc1ccc(C#Cc2ccc(N3C[C@@H]4C[C@H]3CN4C3COC3)nc2)cc1)[C@@H](O)CN(Cc1c(F)cc(-c2nnc(C3CC3)s2)cc1F)NC(=O)[C@@H](NC(=O)OC)C(C)(C)C(F)(F)F)C(C)(C)C(F)(F)F. The van der Waals surface area contributed by atoms with Crippen molar-refractivity contribution in [1.29, 1.82) is 0 Å². The van der Waals surface area contributed by atoms with E-state index in [1.165, 1.54) is 12.1 Å². The standard InChI is InChI=1S/C53H60F8N10O8S/c1-50(2,52(56,57)58)42(64-48(75)77-5)44(73)63-39(17-29-10-7-28(8-11-29)9-12-30-13-16-41(62-21-30)71-23-33-20-34(71)22-70(33)35-26-79-27-35)40(72)25-69(68-45(74)43(65-49(76)78-6)51(3,4)53(59,60)61)24-36-37(54)18-32(19-38(36)55)47-67-66-46(80-47)31-14-15-31/h7-8,10-11,13,16,18-19,21,31,33-35,39-40,42-43,72H,14-15,17,20,22-27H2,1-6H3,(H,63,73)(H,64,75)(H,65,76)(H,68,74)/t33-,34-,39-,40-,42+,43+/m0/s1. The van der Waals surface area contributed by atoms with Crippen molar-refractivity contribution in [2.24, 2.45) is 10.8 Å². The molecular weight excluding hydrogens is 1090 g/mol. The number of fused-ring (bicyclic) bond motifs is 2. The number of anilines is 1. The fraction of sp³-hybridized carbons (Fsp3) is 0.528. The molecule has 1 aliphatic carbocycles. The second kappa shape index (κ2) is 23.8. The number of hydrogen-bond acceptors (Lipinski definition) is 15. The van der Waals surface area contributed by atoms with E-state index >= 15 is 8.78 Å². The smallest absolute Gasteiger partial charge is 0.407 e. The molecule has 4 aromatic rings. The highest BCUT2D eigenvalue weighted by Gasteiger charge is 2.57. The molecule has 2 aromatic heterocycles. The largest absolute Gasteiger partial charge is 0.453 e. The number of likely N-dealkylation sites (tertiary alicyclic amines) is 1. The molecule has 8 rings (SSSR count). The lowest BCUT2D eigenvalue weighted by Gasteiger charge is -2.42. The number of amides is 4. The Morgan fingerprint density at radius 2 is 1.39 bits per heavy atom. The number of halogens is 8. The second-order valence-electron chi connectivity index (χ2n) is 21.4. The first kappa shape index (κ1) is 59.4. The topological polar surface area (TPSA) is 213 Å². The summed E-state index contributed by atoms with van der Waals surface area (Å²) in [4.78, 5) is 62.5. The molecule has 6 atom stereocenters. The number of hydrazine groups is 1. The number of aliphatic hydroxyl groups excluding tert-OH is 1. The van der Waals surface area contributed by atoms with E-state index < -0.39 is 108 Å². The van der Waals surface area contributed by atoms with Gasteiger partial charge in [-0.2, -0.15) is 26.3 Å². The number of piperazine rings is 1. The van der Waals surface area contributed by atoms with Crippen LogP contribution in [0.1, 0.15) is 80.1 Å². The van der Waals surface area contributed by atoms with Crippen LogP contribution in [0.3, 0.4) is 0 Å². The van der Waals surface area contributed by atoms with Crippen molar-refractivity contribution in [3.63, 3.8) is 0 Å². The molecule has 1 saturated carbocycles. The van der Waals surface area contributed by atoms with E-state index in [2.05, 4.69) is 57.0 Å². The van der Waals surface area contributed by atoms with Gasteiger partial charge in [-0.15, -0.1) is 10.2 Å². The number of aromatic nitrogens is 3. The number of rotatable bonds is 19. The minimum Gasteiger partial charge on any atom is -0.453 e. The Morgan fingerprint density at radius 3 is 1.90 bits per heavy atom. The van der Waals surface area contributed by atoms with Gasteiger partial charge in [0.05, 0.1) is 56.5 Å². The summed E-state index contributed by atoms with van der Waals surface area (Å²) in [5.41, 5.74) is -3.33. The van der Waals surface area contributed by atoms with E-state index in [1.807, 2.05) is 22.8 Å². The fourth-order valence-corrected chi connectivity index (χ4v) is 10.6. The number of benzene rings is 2. The van der Waals surface area contributed by atoms with Gasteiger partial charge in [0, 0.05) is 72.6 Å². The minimum atomic E-state index is -5.18. The molecule has 27 heteroatoms. The number of aliphatic hydroxyl groups is 1. The first-order valence-electron chi connectivity index (χ1n) is 25.5. The molecule has 0 unspecified atom stereocenters. The second-order valence-corrected chi connectivity index (χ2v) is 22.4. The highest BCUT2D eigenvalue weighted by molar-refractivity contribution is 7.14. The molecule has 5 N–H and O–H groups in total. The third-order valence-electron chi connectivity index (χ3n) is 15.1. The van der Waals surface area contributed by atoms with Gasteiger partial charge in [-0.25, -0.2) is 28.4 Å². The van der Waals surface area contributed by atoms with Crippen LogP contribution in [0.15, 0.2) is 54.7 Å². The number of nitrogens with zero attached hydrogens (tertiary/aromatic N) is 6. The number of hydrogen-bond donors (Lipinski definition) is 5. The van der Waals surface area contributed by atoms with Crippen LogP contribution in [0.25, 0.3) is 10.6 Å². The molecule has 2 bridgehead atoms. The van der Waals surface area contributed by atoms with Crippen LogP contribution in [0.2, 0.25) is 0 Å². The molecule has 4 amide bonds. The van der Waals surface area contributed by atoms with Crippen molar-refractivity contribution in [3.05, 3.63) is 93.6 Å². The van der Waals surface area contributed by atoms with Gasteiger partial charge < -0.3 is 40.2 Å². The summed E-state index contributed by atoms with van der Waals surface area (Å²) in [7, 11) is 1.67. The molecule has 0 radical (unpaired) electrons. The molecule has 4 fully saturated rings. The Hall–Kier alpha value is -6.73. The monoisotopic (exact) mass is 1150 g/mol. The zero-order valence-electron chi connectivity index (χ0n) is 44.3. The maximum absolute atomic E-state index is 16.2. The zero-order chi connectivity index (χ0) is 58.1. The first-order valence-corrected chi connectivity index (χ1v) is 26.3. The summed E-state index contributed by atoms with van der Waals surface area (Å²) in [6, 6.07) is 6.44. The quantitative estimate of drug-likeness (QED) is 0.0393. The lowest BCUT2D eigenvalue weighted by atomic mass is 9.82. The van der Waals surface area contributed by atoms with Crippen molar-refractivity contribution < 1.29 is 73.6 Å². The number of carbonyl (C=O) groups excluding carboxylic acids is 4. The maximum Gasteiger partial charge on any atom is 0.407 e. The summed E-state index contributed by atoms with van der Waals surface area (Å²) >= 11 is 1.12. The normalized spacial score (nSPS) is 19.3. The van der Waals surface area contributed by atoms with E-state index in [4.69, 9.17) is 4.74 Å². The zero-order valence-corrected chi connectivity index (χ0v) is 45.1. The predicted octanol–water partition coefficient (Wildman–Crippen LogP) is 6.37. The Balaban J connectivity index is 1.07. The molecule has 5 heterocycles. The molecule has 2 aromatic carbocycles. The lowest BCUT2D eigenvalue weighted by molar-refractivity contribution is -0.221. The number of ether oxygens (including phenoxy) is 3. The van der Waals surface area contributed by atoms with Gasteiger partial charge in [0.15, 0.2) is 0 Å². The molecule has 0 spiro atoms. The summed E-state index contributed by atoms with van der Waals surface area (Å²) < 4.78 is 134. The van der Waals surface area contributed by atoms with Crippen LogP contribution >= 0.6 is 11.3 Å². The van der Waals surface area contributed by atoms with Gasteiger partial charge in [0.1, 0.15) is 39.6 Å². The van der Waals surface area contributed by atoms with Crippen molar-refractivity contribution in [2.75, 3.05) is 52.0 Å². The van der Waals surface area contributed by atoms with Crippen LogP contribution in [0.5, 0.6) is 0 Å². The van der Waals surface area contributed by atoms with Crippen LogP contribution in [-0.4, -0.2) is 156 Å². The maximum atomic E-state index is 16.2. The molecule has 3 saturated heterocycles. The third-order valence-corrected chi connectivity index (χ3v) is 16.2. The fourth-order valence-electron chi connectivity index (χ4n) is 9.61. The third kappa shape index (κ3) is 13.4. The van der Waals surface area contributed by atoms with E-state index in [0.717, 1.165) is 89.1 Å². The molecule has 80 heavy (non-hydrogen) atoms. The van der Waals surface area contributed by atoms with Gasteiger partial charge in [-0.3, -0.25) is 19.9 Å². The van der Waals surface area contributed by atoms with E-state index in [0.29, 0.717) is 72.5 Å². The Kier molecular flexibility index (Phi) is 17.6. The number of pyridine rings is 1. The van der Waals surface area contributed by atoms with Gasteiger partial charge in [0.2, 0.25) is 5.91 Å². The van der Waals surface area contributed by atoms with Crippen LogP contribution in [0, 0.1) is 34.3 Å². The average molecular weight is 1150 g/mol. The molecule has 4 aliphatic rings. The van der Waals surface area contributed by atoms with E-state index in [-0.39, 0.29) is 16.5 Å². The van der Waals surface area contributed by atoms with Crippen molar-refractivity contribution >= 4 is 41.2 Å². The Labute approximate surface area is 459 Å². The van der Waals surface area contributed by atoms with Gasteiger partial charge in [-0.1, -0.05) is 35.3 Å². The van der Waals surface area contributed by atoms with Crippen molar-refractivity contribution in [1.82, 2.24) is 46.5 Å². The highest BCUT2D eigenvalue weighted by Crippen LogP contribution is 2.44. The molecule has 3 aliphatic heterocycles. The predicted molar refractivity (Wildman–Crippen MR) is 273 cm³/mol. The van der Waals surface area contributed by atoms with Crippen LogP contribution < -0.4 is 26.3 Å². The number of carbonyl (C=O) groups is 4. The molecule has 18 nitrogen and oxygen atoms in total. The summed E-state index contributed by atoms with van der Waals surface area (Å²) in [6.45, 7) is 3.69. The minimum absolute atomic E-state index is 0.0166. The first-order chi connectivity index (χ1) is 37.7. The van der Waals surface area contributed by atoms with Gasteiger partial charge in [0.25, 0.3) is 5.91 Å². The van der Waals surface area contributed by atoms with Crippen LogP contribution in [-0.2, 0) is 36.8 Å². The summed E-state index contributed by atoms with van der Waals surface area (Å²) in [5.74, 6) is 1.52. The summed E-state index contributed by atoms with van der Waals surface area (Å²) in [5, 5.41) is 27.8.